The van der Waals surface area contributed by atoms with Crippen LogP contribution in [-0.4, -0.2) is 19.9 Å². The van der Waals surface area contributed by atoms with Gasteiger partial charge in [0.2, 0.25) is 0 Å². The predicted molar refractivity (Wildman–Crippen MR) is 69.5 cm³/mol. The lowest BCUT2D eigenvalue weighted by Gasteiger charge is -2.09. The molecule has 0 radical (unpaired) electrons. The Kier molecular flexibility index (Phi) is 2.57. The second-order valence-electron chi connectivity index (χ2n) is 4.23. The van der Waals surface area contributed by atoms with Gasteiger partial charge in [0.1, 0.15) is 0 Å². The molecule has 0 fully saturated rings. The number of aryl methyl sites for hydroxylation is 1. The van der Waals surface area contributed by atoms with Crippen LogP contribution in [0.4, 0.5) is 0 Å². The lowest BCUT2D eigenvalue weighted by molar-refractivity contribution is 0.281. The first kappa shape index (κ1) is 10.9. The molecule has 0 saturated heterocycles. The van der Waals surface area contributed by atoms with Crippen LogP contribution in [0.15, 0.2) is 42.7 Å². The smallest absolute Gasteiger partial charge is 0.0741 e. The molecular formula is C14H13N3O. The molecule has 4 nitrogen and oxygen atoms in total. The third-order valence-electron chi connectivity index (χ3n) is 2.97. The predicted octanol–water partition coefficient (Wildman–Crippen LogP) is 2.22. The molecule has 18 heavy (non-hydrogen) atoms. The molecule has 0 aliphatic rings. The molecule has 2 heterocycles. The van der Waals surface area contributed by atoms with Crippen LogP contribution in [0.2, 0.25) is 0 Å². The number of aliphatic hydroxyl groups excluding tert-OH is 1. The highest BCUT2D eigenvalue weighted by Gasteiger charge is 2.09. The van der Waals surface area contributed by atoms with Gasteiger partial charge in [-0.2, -0.15) is 5.10 Å². The molecular weight excluding hydrogens is 226 g/mol. The summed E-state index contributed by atoms with van der Waals surface area (Å²) in [6, 6.07) is 9.93. The Morgan fingerprint density at radius 2 is 2.06 bits per heavy atom. The number of rotatable bonds is 2. The number of pyridine rings is 1. The Hall–Kier alpha value is -2.20. The summed E-state index contributed by atoms with van der Waals surface area (Å²) < 4.78 is 1.84. The van der Waals surface area contributed by atoms with Gasteiger partial charge in [-0.3, -0.25) is 4.98 Å². The summed E-state index contributed by atoms with van der Waals surface area (Å²) in [5.41, 5.74) is 3.58. The molecule has 1 aromatic carbocycles. The van der Waals surface area contributed by atoms with Gasteiger partial charge in [0.05, 0.1) is 24.0 Å². The third kappa shape index (κ3) is 1.67. The second-order valence-corrected chi connectivity index (χ2v) is 4.23. The molecule has 0 atom stereocenters. The van der Waals surface area contributed by atoms with Gasteiger partial charge in [0.25, 0.3) is 0 Å². The number of hydrogen-bond acceptors (Lipinski definition) is 3. The van der Waals surface area contributed by atoms with E-state index in [-0.39, 0.29) is 6.61 Å². The molecule has 0 unspecified atom stereocenters. The minimum absolute atomic E-state index is 0.0448. The SMILES string of the molecule is Cc1cc(-n2ncc3ccccc32)c(CO)cn1. The molecule has 0 amide bonds. The van der Waals surface area contributed by atoms with Crippen molar-refractivity contribution in [1.82, 2.24) is 14.8 Å². The maximum Gasteiger partial charge on any atom is 0.0741 e. The fourth-order valence-electron chi connectivity index (χ4n) is 2.06. The summed E-state index contributed by atoms with van der Waals surface area (Å²) in [6.45, 7) is 1.88. The van der Waals surface area contributed by atoms with Crippen molar-refractivity contribution in [3.05, 3.63) is 54.0 Å². The van der Waals surface area contributed by atoms with Crippen molar-refractivity contribution in [3.63, 3.8) is 0 Å². The zero-order valence-corrected chi connectivity index (χ0v) is 10.0. The van der Waals surface area contributed by atoms with E-state index >= 15 is 0 Å². The molecule has 2 aromatic heterocycles. The number of benzene rings is 1. The Labute approximate surface area is 105 Å². The monoisotopic (exact) mass is 239 g/mol. The van der Waals surface area contributed by atoms with Crippen molar-refractivity contribution in [2.45, 2.75) is 13.5 Å². The quantitative estimate of drug-likeness (QED) is 0.746. The molecule has 4 heteroatoms. The second kappa shape index (κ2) is 4.23. The third-order valence-corrected chi connectivity index (χ3v) is 2.97. The Bertz CT molecular complexity index is 703. The fraction of sp³-hybridized carbons (Fsp3) is 0.143. The van der Waals surface area contributed by atoms with Crippen LogP contribution in [0, 0.1) is 6.92 Å². The van der Waals surface area contributed by atoms with Crippen molar-refractivity contribution in [2.24, 2.45) is 0 Å². The highest BCUT2D eigenvalue weighted by atomic mass is 16.3. The summed E-state index contributed by atoms with van der Waals surface area (Å²) >= 11 is 0. The molecule has 0 aliphatic carbocycles. The minimum atomic E-state index is -0.0448. The lowest BCUT2D eigenvalue weighted by atomic mass is 10.2. The zero-order valence-electron chi connectivity index (χ0n) is 10.0. The average Bonchev–Trinajstić information content (AvgIpc) is 2.82. The Balaban J connectivity index is 2.29. The van der Waals surface area contributed by atoms with Crippen molar-refractivity contribution in [1.29, 1.82) is 0 Å². The highest BCUT2D eigenvalue weighted by Crippen LogP contribution is 2.21. The molecule has 0 bridgehead atoms. The normalized spacial score (nSPS) is 11.0. The zero-order chi connectivity index (χ0) is 12.5. The fourth-order valence-corrected chi connectivity index (χ4v) is 2.06. The first-order chi connectivity index (χ1) is 8.79. The van der Waals surface area contributed by atoms with Gasteiger partial charge in [0.15, 0.2) is 0 Å². The van der Waals surface area contributed by atoms with Crippen LogP contribution in [0.1, 0.15) is 11.3 Å². The molecule has 90 valence electrons. The number of nitrogens with zero attached hydrogens (tertiary/aromatic N) is 3. The van der Waals surface area contributed by atoms with E-state index in [9.17, 15) is 5.11 Å². The maximum atomic E-state index is 9.40. The van der Waals surface area contributed by atoms with Crippen LogP contribution in [0.3, 0.4) is 0 Å². The largest absolute Gasteiger partial charge is 0.392 e. The van der Waals surface area contributed by atoms with Gasteiger partial charge in [-0.1, -0.05) is 18.2 Å². The van der Waals surface area contributed by atoms with E-state index in [4.69, 9.17) is 0 Å². The van der Waals surface area contributed by atoms with E-state index in [1.807, 2.05) is 48.1 Å². The molecule has 0 aliphatic heterocycles. The van der Waals surface area contributed by atoms with Gasteiger partial charge < -0.3 is 5.11 Å². The summed E-state index contributed by atoms with van der Waals surface area (Å²) in [7, 11) is 0. The molecule has 3 rings (SSSR count). The van der Waals surface area contributed by atoms with Gasteiger partial charge in [-0.05, 0) is 19.1 Å². The van der Waals surface area contributed by atoms with Gasteiger partial charge in [-0.15, -0.1) is 0 Å². The Morgan fingerprint density at radius 3 is 2.89 bits per heavy atom. The minimum Gasteiger partial charge on any atom is -0.392 e. The van der Waals surface area contributed by atoms with Crippen LogP contribution in [0.25, 0.3) is 16.6 Å². The average molecular weight is 239 g/mol. The topological polar surface area (TPSA) is 50.9 Å². The Morgan fingerprint density at radius 1 is 1.22 bits per heavy atom. The number of aromatic nitrogens is 3. The molecule has 1 N–H and O–H groups in total. The number of fused-ring (bicyclic) bond motifs is 1. The van der Waals surface area contributed by atoms with Crippen molar-refractivity contribution in [2.75, 3.05) is 0 Å². The van der Waals surface area contributed by atoms with Crippen LogP contribution >= 0.6 is 0 Å². The number of aliphatic hydroxyl groups is 1. The number of para-hydroxylation sites is 1. The number of hydrogen-bond donors (Lipinski definition) is 1. The van der Waals surface area contributed by atoms with E-state index in [1.54, 1.807) is 6.20 Å². The molecule has 3 aromatic rings. The lowest BCUT2D eigenvalue weighted by Crippen LogP contribution is -2.03. The van der Waals surface area contributed by atoms with Gasteiger partial charge >= 0.3 is 0 Å². The van der Waals surface area contributed by atoms with E-state index in [2.05, 4.69) is 10.1 Å². The van der Waals surface area contributed by atoms with Gasteiger partial charge in [-0.25, -0.2) is 4.68 Å². The molecule has 0 spiro atoms. The summed E-state index contributed by atoms with van der Waals surface area (Å²) in [5, 5.41) is 14.9. The van der Waals surface area contributed by atoms with E-state index < -0.39 is 0 Å². The van der Waals surface area contributed by atoms with E-state index in [0.717, 1.165) is 27.8 Å². The van der Waals surface area contributed by atoms with Crippen molar-refractivity contribution < 1.29 is 5.11 Å². The first-order valence-corrected chi connectivity index (χ1v) is 5.79. The van der Waals surface area contributed by atoms with Crippen molar-refractivity contribution >= 4 is 10.9 Å². The van der Waals surface area contributed by atoms with Crippen LogP contribution < -0.4 is 0 Å². The van der Waals surface area contributed by atoms with E-state index in [0.29, 0.717) is 0 Å². The summed E-state index contributed by atoms with van der Waals surface area (Å²) in [4.78, 5) is 4.20. The van der Waals surface area contributed by atoms with E-state index in [1.165, 1.54) is 0 Å². The summed E-state index contributed by atoms with van der Waals surface area (Å²) in [5.74, 6) is 0. The first-order valence-electron chi connectivity index (χ1n) is 5.79. The van der Waals surface area contributed by atoms with Gasteiger partial charge in [0, 0.05) is 22.8 Å². The highest BCUT2D eigenvalue weighted by molar-refractivity contribution is 5.80. The van der Waals surface area contributed by atoms with Crippen LogP contribution in [0.5, 0.6) is 0 Å². The van der Waals surface area contributed by atoms with Crippen molar-refractivity contribution in [3.8, 4) is 5.69 Å². The summed E-state index contributed by atoms with van der Waals surface area (Å²) in [6.07, 6.45) is 3.52. The van der Waals surface area contributed by atoms with Crippen LogP contribution in [-0.2, 0) is 6.61 Å². The standard InChI is InChI=1S/C14H13N3O/c1-10-6-14(12(9-18)7-15-10)17-13-5-3-2-4-11(13)8-16-17/h2-8,18H,9H2,1H3. The maximum absolute atomic E-state index is 9.40. The molecule has 0 saturated carbocycles.